The largest absolute Gasteiger partial charge is 0.337 e. The summed E-state index contributed by atoms with van der Waals surface area (Å²) in [5, 5.41) is 7.37. The van der Waals surface area contributed by atoms with Crippen LogP contribution in [0.3, 0.4) is 0 Å². The third-order valence-electron chi connectivity index (χ3n) is 2.86. The van der Waals surface area contributed by atoms with Crippen LogP contribution in [0.5, 0.6) is 0 Å². The first-order valence-electron chi connectivity index (χ1n) is 6.46. The predicted molar refractivity (Wildman–Crippen MR) is 78.2 cm³/mol. The number of hydrogen-bond donors (Lipinski definition) is 1. The van der Waals surface area contributed by atoms with E-state index < -0.39 is 0 Å². The minimum Gasteiger partial charge on any atom is -0.337 e. The topological polar surface area (TPSA) is 51.0 Å². The maximum absolute atomic E-state index is 5.31. The summed E-state index contributed by atoms with van der Waals surface area (Å²) in [4.78, 5) is 5.67. The molecule has 0 saturated heterocycles. The van der Waals surface area contributed by atoms with Gasteiger partial charge in [0.05, 0.1) is 6.04 Å². The Hall–Kier alpha value is -1.33. The second-order valence-corrected chi connectivity index (χ2v) is 5.24. The number of nitrogens with zero attached hydrogens (tertiary/aromatic N) is 2. The highest BCUT2D eigenvalue weighted by molar-refractivity contribution is 7.98. The summed E-state index contributed by atoms with van der Waals surface area (Å²) in [5.74, 6) is 1.28. The van der Waals surface area contributed by atoms with Gasteiger partial charge in [0.25, 0.3) is 0 Å². The Balaban J connectivity index is 2.11. The molecule has 0 amide bonds. The molecule has 19 heavy (non-hydrogen) atoms. The summed E-state index contributed by atoms with van der Waals surface area (Å²) in [6.45, 7) is 5.11. The Morgan fingerprint density at radius 3 is 2.68 bits per heavy atom. The first kappa shape index (κ1) is 14.1. The van der Waals surface area contributed by atoms with E-state index in [0.717, 1.165) is 18.5 Å². The molecule has 5 heteroatoms. The molecule has 4 nitrogen and oxygen atoms in total. The van der Waals surface area contributed by atoms with Gasteiger partial charge in [-0.25, -0.2) is 0 Å². The Morgan fingerprint density at radius 2 is 2.05 bits per heavy atom. The van der Waals surface area contributed by atoms with Gasteiger partial charge in [0.15, 0.2) is 0 Å². The van der Waals surface area contributed by atoms with Crippen molar-refractivity contribution < 1.29 is 4.52 Å². The monoisotopic (exact) mass is 277 g/mol. The van der Waals surface area contributed by atoms with Crippen LogP contribution in [-0.4, -0.2) is 22.9 Å². The molecule has 0 saturated carbocycles. The molecule has 1 aromatic heterocycles. The highest BCUT2D eigenvalue weighted by atomic mass is 32.2. The van der Waals surface area contributed by atoms with Crippen molar-refractivity contribution in [1.82, 2.24) is 15.5 Å². The summed E-state index contributed by atoms with van der Waals surface area (Å²) in [7, 11) is 0. The van der Waals surface area contributed by atoms with E-state index in [1.165, 1.54) is 4.90 Å². The van der Waals surface area contributed by atoms with Crippen molar-refractivity contribution in [3.63, 3.8) is 0 Å². The number of nitrogens with one attached hydrogen (secondary N) is 1. The van der Waals surface area contributed by atoms with Crippen molar-refractivity contribution in [3.05, 3.63) is 30.2 Å². The molecular formula is C14H19N3OS. The van der Waals surface area contributed by atoms with Gasteiger partial charge in [0.1, 0.15) is 0 Å². The molecule has 1 N–H and O–H groups in total. The minimum atomic E-state index is 0.0895. The molecule has 0 fully saturated rings. The number of hydrogen-bond acceptors (Lipinski definition) is 5. The summed E-state index contributed by atoms with van der Waals surface area (Å²) >= 11 is 1.72. The van der Waals surface area contributed by atoms with Crippen molar-refractivity contribution in [2.24, 2.45) is 0 Å². The average molecular weight is 277 g/mol. The maximum Gasteiger partial charge on any atom is 0.243 e. The molecule has 1 aromatic carbocycles. The van der Waals surface area contributed by atoms with Crippen molar-refractivity contribution in [3.8, 4) is 11.4 Å². The lowest BCUT2D eigenvalue weighted by molar-refractivity contribution is 0.340. The normalized spacial score (nSPS) is 12.6. The number of benzene rings is 1. The standard InChI is InChI=1S/C14H19N3OS/c1-4-9-15-10(2)14-16-13(17-18-14)11-5-7-12(19-3)8-6-11/h5-8,10,15H,4,9H2,1-3H3. The highest BCUT2D eigenvalue weighted by Crippen LogP contribution is 2.22. The zero-order valence-corrected chi connectivity index (χ0v) is 12.3. The number of aromatic nitrogens is 2. The zero-order valence-electron chi connectivity index (χ0n) is 11.5. The lowest BCUT2D eigenvalue weighted by atomic mass is 10.2. The van der Waals surface area contributed by atoms with Crippen LogP contribution in [0.2, 0.25) is 0 Å². The second-order valence-electron chi connectivity index (χ2n) is 4.36. The zero-order chi connectivity index (χ0) is 13.7. The first-order valence-corrected chi connectivity index (χ1v) is 7.68. The molecule has 102 valence electrons. The molecule has 2 rings (SSSR count). The fourth-order valence-electron chi connectivity index (χ4n) is 1.72. The minimum absolute atomic E-state index is 0.0895. The van der Waals surface area contributed by atoms with Gasteiger partial charge in [0, 0.05) is 10.5 Å². The van der Waals surface area contributed by atoms with E-state index in [9.17, 15) is 0 Å². The van der Waals surface area contributed by atoms with Gasteiger partial charge in [-0.15, -0.1) is 11.8 Å². The maximum atomic E-state index is 5.31. The average Bonchev–Trinajstić information content (AvgIpc) is 2.94. The highest BCUT2D eigenvalue weighted by Gasteiger charge is 2.14. The molecule has 0 aliphatic carbocycles. The molecule has 1 unspecified atom stereocenters. The smallest absolute Gasteiger partial charge is 0.243 e. The third-order valence-corrected chi connectivity index (χ3v) is 3.60. The van der Waals surface area contributed by atoms with Gasteiger partial charge < -0.3 is 9.84 Å². The van der Waals surface area contributed by atoms with Gasteiger partial charge in [0.2, 0.25) is 11.7 Å². The van der Waals surface area contributed by atoms with Gasteiger partial charge in [-0.1, -0.05) is 12.1 Å². The first-order chi connectivity index (χ1) is 9.24. The fraction of sp³-hybridized carbons (Fsp3) is 0.429. The number of thioether (sulfide) groups is 1. The van der Waals surface area contributed by atoms with Crippen LogP contribution in [0.1, 0.15) is 32.2 Å². The van der Waals surface area contributed by atoms with Gasteiger partial charge in [-0.3, -0.25) is 0 Å². The van der Waals surface area contributed by atoms with Gasteiger partial charge >= 0.3 is 0 Å². The van der Waals surface area contributed by atoms with Crippen molar-refractivity contribution in [2.75, 3.05) is 12.8 Å². The Bertz CT molecular complexity index is 510. The molecule has 0 radical (unpaired) electrons. The van der Waals surface area contributed by atoms with Crippen molar-refractivity contribution in [1.29, 1.82) is 0 Å². The quantitative estimate of drug-likeness (QED) is 0.819. The van der Waals surface area contributed by atoms with Crippen LogP contribution in [0.4, 0.5) is 0 Å². The predicted octanol–water partition coefficient (Wildman–Crippen LogP) is 3.52. The number of rotatable bonds is 6. The Labute approximate surface area is 118 Å². The van der Waals surface area contributed by atoms with E-state index in [2.05, 4.69) is 40.8 Å². The summed E-state index contributed by atoms with van der Waals surface area (Å²) in [6, 6.07) is 8.25. The lowest BCUT2D eigenvalue weighted by Crippen LogP contribution is -2.19. The molecule has 0 aliphatic rings. The second kappa shape index (κ2) is 6.73. The van der Waals surface area contributed by atoms with Crippen LogP contribution in [0, 0.1) is 0 Å². The van der Waals surface area contributed by atoms with E-state index in [1.807, 2.05) is 19.1 Å². The molecule has 0 spiro atoms. The molecule has 1 heterocycles. The van der Waals surface area contributed by atoms with Crippen LogP contribution in [0.15, 0.2) is 33.7 Å². The molecule has 0 aliphatic heterocycles. The van der Waals surface area contributed by atoms with Crippen LogP contribution >= 0.6 is 11.8 Å². The molecule has 1 atom stereocenters. The Morgan fingerprint density at radius 1 is 1.32 bits per heavy atom. The molecule has 2 aromatic rings. The third kappa shape index (κ3) is 3.58. The van der Waals surface area contributed by atoms with E-state index in [1.54, 1.807) is 11.8 Å². The fourth-order valence-corrected chi connectivity index (χ4v) is 2.12. The van der Waals surface area contributed by atoms with Crippen LogP contribution in [-0.2, 0) is 0 Å². The van der Waals surface area contributed by atoms with E-state index in [4.69, 9.17) is 4.52 Å². The van der Waals surface area contributed by atoms with Crippen molar-refractivity contribution in [2.45, 2.75) is 31.2 Å². The van der Waals surface area contributed by atoms with Crippen molar-refractivity contribution >= 4 is 11.8 Å². The van der Waals surface area contributed by atoms with Crippen LogP contribution in [0.25, 0.3) is 11.4 Å². The van der Waals surface area contributed by atoms with Gasteiger partial charge in [-0.2, -0.15) is 4.98 Å². The van der Waals surface area contributed by atoms with Crippen LogP contribution < -0.4 is 5.32 Å². The van der Waals surface area contributed by atoms with E-state index in [-0.39, 0.29) is 6.04 Å². The van der Waals surface area contributed by atoms with E-state index >= 15 is 0 Å². The summed E-state index contributed by atoms with van der Waals surface area (Å²) < 4.78 is 5.31. The van der Waals surface area contributed by atoms with Gasteiger partial charge in [-0.05, 0) is 50.4 Å². The molecular weight excluding hydrogens is 258 g/mol. The summed E-state index contributed by atoms with van der Waals surface area (Å²) in [5.41, 5.74) is 0.982. The lowest BCUT2D eigenvalue weighted by Gasteiger charge is -2.06. The Kier molecular flexibility index (Phi) is 4.99. The SMILES string of the molecule is CCCNC(C)c1nc(-c2ccc(SC)cc2)no1. The summed E-state index contributed by atoms with van der Waals surface area (Å²) in [6.07, 6.45) is 3.14. The molecule has 0 bridgehead atoms. The van der Waals surface area contributed by atoms with E-state index in [0.29, 0.717) is 11.7 Å².